The van der Waals surface area contributed by atoms with Crippen molar-refractivity contribution < 1.29 is 45.2 Å². The molecule has 33 heavy (non-hydrogen) atoms. The summed E-state index contributed by atoms with van der Waals surface area (Å²) in [7, 11) is 0. The van der Waals surface area contributed by atoms with Crippen LogP contribution in [0.15, 0.2) is 53.4 Å². The minimum Gasteiger partial charge on any atom is -0.611 e. The van der Waals surface area contributed by atoms with Crippen LogP contribution >= 0.6 is 0 Å². The fraction of sp³-hybridized carbons (Fsp3) is 0.381. The number of carbonyl (C=O) groups excluding carboxylic acids is 1. The van der Waals surface area contributed by atoms with E-state index in [1.807, 2.05) is 0 Å². The Morgan fingerprint density at radius 3 is 1.94 bits per heavy atom. The van der Waals surface area contributed by atoms with Gasteiger partial charge in [-0.3, -0.25) is 4.79 Å². The van der Waals surface area contributed by atoms with Gasteiger partial charge in [0.15, 0.2) is 9.64 Å². The molecule has 1 fully saturated rings. The Labute approximate surface area is 187 Å². The lowest BCUT2D eigenvalue weighted by molar-refractivity contribution is -0.376. The Bertz CT molecular complexity index is 995. The van der Waals surface area contributed by atoms with Crippen molar-refractivity contribution in [3.05, 3.63) is 65.5 Å². The first-order valence-corrected chi connectivity index (χ1v) is 10.7. The number of hydrogen-bond acceptors (Lipinski definition) is 3. The molecular formula is C21H18F7NO3S. The third kappa shape index (κ3) is 4.31. The lowest BCUT2D eigenvalue weighted by Gasteiger charge is -2.34. The minimum atomic E-state index is -6.04. The monoisotopic (exact) mass is 497 g/mol. The van der Waals surface area contributed by atoms with Gasteiger partial charge in [-0.05, 0) is 35.4 Å². The predicted octanol–water partition coefficient (Wildman–Crippen LogP) is 4.39. The Morgan fingerprint density at radius 2 is 1.52 bits per heavy atom. The molecule has 1 heterocycles. The second-order valence-electron chi connectivity index (χ2n) is 7.69. The first kappa shape index (κ1) is 25.3. The topological polar surface area (TPSA) is 63.6 Å². The summed E-state index contributed by atoms with van der Waals surface area (Å²) in [5.41, 5.74) is -6.43. The third-order valence-corrected chi connectivity index (χ3v) is 7.69. The van der Waals surface area contributed by atoms with Gasteiger partial charge in [0.2, 0.25) is 5.91 Å². The summed E-state index contributed by atoms with van der Waals surface area (Å²) < 4.78 is 105. The zero-order chi connectivity index (χ0) is 24.8. The fourth-order valence-electron chi connectivity index (χ4n) is 3.83. The average molecular weight is 497 g/mol. The van der Waals surface area contributed by atoms with E-state index in [-0.39, 0.29) is 35.9 Å². The van der Waals surface area contributed by atoms with Gasteiger partial charge in [-0.2, -0.15) is 26.3 Å². The zero-order valence-electron chi connectivity index (χ0n) is 17.0. The van der Waals surface area contributed by atoms with E-state index in [1.165, 1.54) is 24.0 Å². The first-order chi connectivity index (χ1) is 15.1. The zero-order valence-corrected chi connectivity index (χ0v) is 17.8. The summed E-state index contributed by atoms with van der Waals surface area (Å²) in [5.74, 6) is -0.947. The van der Waals surface area contributed by atoms with Crippen molar-refractivity contribution in [3.63, 3.8) is 0 Å². The van der Waals surface area contributed by atoms with Gasteiger partial charge in [-0.1, -0.05) is 24.3 Å². The third-order valence-electron chi connectivity index (χ3n) is 5.71. The van der Waals surface area contributed by atoms with Gasteiger partial charge in [-0.25, -0.2) is 4.39 Å². The van der Waals surface area contributed by atoms with Crippen LogP contribution in [0.5, 0.6) is 0 Å². The second-order valence-corrected chi connectivity index (χ2v) is 9.48. The van der Waals surface area contributed by atoms with E-state index in [9.17, 15) is 45.2 Å². The van der Waals surface area contributed by atoms with Gasteiger partial charge in [0.05, 0.1) is 6.54 Å². The van der Waals surface area contributed by atoms with Crippen molar-refractivity contribution in [2.75, 3.05) is 13.1 Å². The van der Waals surface area contributed by atoms with Crippen LogP contribution in [-0.2, 0) is 26.3 Å². The Hall–Kier alpha value is -2.31. The van der Waals surface area contributed by atoms with E-state index in [0.29, 0.717) is 12.1 Å². The van der Waals surface area contributed by atoms with Crippen LogP contribution < -0.4 is 0 Å². The molecule has 1 amide bonds. The molecule has 1 saturated heterocycles. The summed E-state index contributed by atoms with van der Waals surface area (Å²) >= 11 is -1.94. The van der Waals surface area contributed by atoms with Crippen LogP contribution in [0.1, 0.15) is 24.5 Å². The maximum atomic E-state index is 13.5. The normalized spacial score (nSPS) is 20.7. The number of likely N-dealkylation sites (tertiary alicyclic amines) is 1. The molecule has 0 spiro atoms. The molecule has 2 aromatic rings. The van der Waals surface area contributed by atoms with Gasteiger partial charge < -0.3 is 14.6 Å². The smallest absolute Gasteiger partial charge is 0.430 e. The number of amides is 1. The van der Waals surface area contributed by atoms with E-state index >= 15 is 0 Å². The highest BCUT2D eigenvalue weighted by molar-refractivity contribution is 7.92. The second kappa shape index (κ2) is 8.48. The quantitative estimate of drug-likeness (QED) is 0.504. The number of hydrogen-bond donors (Lipinski definition) is 1. The Kier molecular flexibility index (Phi) is 6.50. The van der Waals surface area contributed by atoms with Crippen molar-refractivity contribution >= 4 is 17.1 Å². The van der Waals surface area contributed by atoms with Gasteiger partial charge in [0.25, 0.3) is 5.60 Å². The standard InChI is InChI=1S/C21H18F7NO3S/c1-13(30)29-11-10-18(12-29,33(32)17-8-6-16(22)7-9-17)14-2-4-15(5-3-14)19(31,20(23,24)25)21(26,27)28/h2-9,31H,10-12H2,1H3. The number of alkyl halides is 6. The largest absolute Gasteiger partial charge is 0.611 e. The molecule has 2 unspecified atom stereocenters. The molecule has 180 valence electrons. The predicted molar refractivity (Wildman–Crippen MR) is 104 cm³/mol. The van der Waals surface area contributed by atoms with Crippen LogP contribution in [0, 0.1) is 5.82 Å². The van der Waals surface area contributed by atoms with Crippen LogP contribution in [0.2, 0.25) is 0 Å². The van der Waals surface area contributed by atoms with Crippen molar-refractivity contribution in [2.24, 2.45) is 0 Å². The minimum absolute atomic E-state index is 0.0960. The number of rotatable bonds is 4. The Morgan fingerprint density at radius 1 is 1.00 bits per heavy atom. The van der Waals surface area contributed by atoms with E-state index in [1.54, 1.807) is 0 Å². The first-order valence-electron chi connectivity index (χ1n) is 9.53. The van der Waals surface area contributed by atoms with Gasteiger partial charge in [0.1, 0.15) is 5.82 Å². The molecule has 0 aliphatic carbocycles. The average Bonchev–Trinajstić information content (AvgIpc) is 3.19. The highest BCUT2D eigenvalue weighted by atomic mass is 32.2. The van der Waals surface area contributed by atoms with Gasteiger partial charge in [-0.15, -0.1) is 0 Å². The molecule has 0 bridgehead atoms. The molecule has 1 aliphatic rings. The molecule has 3 rings (SSSR count). The molecule has 4 nitrogen and oxygen atoms in total. The van der Waals surface area contributed by atoms with Crippen molar-refractivity contribution in [1.29, 1.82) is 0 Å². The van der Waals surface area contributed by atoms with Crippen molar-refractivity contribution in [3.8, 4) is 0 Å². The molecular weight excluding hydrogens is 479 g/mol. The summed E-state index contributed by atoms with van der Waals surface area (Å²) in [6.45, 7) is 1.31. The number of halogens is 7. The van der Waals surface area contributed by atoms with Crippen LogP contribution in [0.4, 0.5) is 30.7 Å². The lowest BCUT2D eigenvalue weighted by atomic mass is 9.89. The maximum absolute atomic E-state index is 13.5. The lowest BCUT2D eigenvalue weighted by Crippen LogP contribution is -2.54. The van der Waals surface area contributed by atoms with Crippen LogP contribution in [0.3, 0.4) is 0 Å². The molecule has 1 aliphatic heterocycles. The molecule has 0 aromatic heterocycles. The summed E-state index contributed by atoms with van der Waals surface area (Å²) in [5, 5.41) is 9.61. The van der Waals surface area contributed by atoms with E-state index in [2.05, 4.69) is 0 Å². The van der Waals surface area contributed by atoms with Crippen molar-refractivity contribution in [1.82, 2.24) is 4.90 Å². The molecule has 0 saturated carbocycles. The molecule has 2 aromatic carbocycles. The van der Waals surface area contributed by atoms with Gasteiger partial charge in [0, 0.05) is 31.0 Å². The van der Waals surface area contributed by atoms with Gasteiger partial charge >= 0.3 is 12.4 Å². The highest BCUT2D eigenvalue weighted by Gasteiger charge is 2.71. The molecule has 1 N–H and O–H groups in total. The summed E-state index contributed by atoms with van der Waals surface area (Å²) in [4.78, 5) is 13.4. The number of carbonyl (C=O) groups is 1. The number of aliphatic hydroxyl groups is 1. The van der Waals surface area contributed by atoms with E-state index < -0.39 is 45.3 Å². The van der Waals surface area contributed by atoms with E-state index in [4.69, 9.17) is 0 Å². The van der Waals surface area contributed by atoms with E-state index in [0.717, 1.165) is 24.3 Å². The highest BCUT2D eigenvalue weighted by Crippen LogP contribution is 2.51. The SMILES string of the molecule is CC(=O)N1CCC(c2ccc(C(O)(C(F)(F)F)C(F)(F)F)cc2)([S+]([O-])c2ccc(F)cc2)C1. The summed E-state index contributed by atoms with van der Waals surface area (Å²) in [6, 6.07) is 7.47. The Balaban J connectivity index is 2.09. The maximum Gasteiger partial charge on any atom is 0.430 e. The summed E-state index contributed by atoms with van der Waals surface area (Å²) in [6.07, 6.45) is -12.0. The number of nitrogens with zero attached hydrogens (tertiary/aromatic N) is 1. The van der Waals surface area contributed by atoms with Crippen LogP contribution in [0.25, 0.3) is 0 Å². The van der Waals surface area contributed by atoms with Crippen molar-refractivity contribution in [2.45, 2.75) is 40.9 Å². The molecule has 12 heteroatoms. The number of benzene rings is 2. The molecule has 2 atom stereocenters. The molecule has 0 radical (unpaired) electrons. The fourth-order valence-corrected chi connectivity index (χ4v) is 5.57. The van der Waals surface area contributed by atoms with Crippen LogP contribution in [-0.4, -0.2) is 45.9 Å².